The van der Waals surface area contributed by atoms with Gasteiger partial charge in [-0.05, 0) is 49.2 Å². The molecule has 0 saturated carbocycles. The summed E-state index contributed by atoms with van der Waals surface area (Å²) in [4.78, 5) is 4.39. The number of rotatable bonds is 7. The average molecular weight is 372 g/mol. The fourth-order valence-electron chi connectivity index (χ4n) is 2.30. The molecule has 0 N–H and O–H groups in total. The molecule has 0 radical (unpaired) electrons. The summed E-state index contributed by atoms with van der Waals surface area (Å²) in [5, 5.41) is 1.10. The molecule has 0 fully saturated rings. The third-order valence-corrected chi connectivity index (χ3v) is 4.00. The smallest absolute Gasteiger partial charge is 0.145 e. The maximum Gasteiger partial charge on any atom is 0.145 e. The average Bonchev–Trinajstić information content (AvgIpc) is 2.59. The van der Waals surface area contributed by atoms with Gasteiger partial charge in [-0.2, -0.15) is 0 Å². The van der Waals surface area contributed by atoms with Gasteiger partial charge >= 0.3 is 0 Å². The Labute approximate surface area is 144 Å². The molecule has 0 unspecified atom stereocenters. The van der Waals surface area contributed by atoms with Crippen LogP contribution >= 0.6 is 15.9 Å². The van der Waals surface area contributed by atoms with Crippen molar-refractivity contribution >= 4 is 26.8 Å². The summed E-state index contributed by atoms with van der Waals surface area (Å²) in [7, 11) is 0. The van der Waals surface area contributed by atoms with E-state index < -0.39 is 0 Å². The van der Waals surface area contributed by atoms with Crippen LogP contribution in [0.2, 0.25) is 0 Å². The number of unbranched alkanes of at least 4 members (excludes halogenated alkanes) is 1. The summed E-state index contributed by atoms with van der Waals surface area (Å²) in [6.45, 7) is 1.36. The lowest BCUT2D eigenvalue weighted by atomic mass is 10.2. The van der Waals surface area contributed by atoms with Crippen molar-refractivity contribution in [2.75, 3.05) is 13.2 Å². The third-order valence-electron chi connectivity index (χ3n) is 3.47. The van der Waals surface area contributed by atoms with E-state index in [1.807, 2.05) is 54.6 Å². The lowest BCUT2D eigenvalue weighted by Gasteiger charge is -2.09. The molecule has 0 aliphatic carbocycles. The van der Waals surface area contributed by atoms with Crippen LogP contribution in [0.1, 0.15) is 12.8 Å². The van der Waals surface area contributed by atoms with Crippen molar-refractivity contribution < 1.29 is 9.47 Å². The number of aromatic nitrogens is 1. The maximum atomic E-state index is 5.86. The van der Waals surface area contributed by atoms with E-state index in [2.05, 4.69) is 20.9 Å². The Hall–Kier alpha value is -2.07. The number of nitrogens with zero attached hydrogens (tertiary/aromatic N) is 1. The molecule has 0 aliphatic heterocycles. The lowest BCUT2D eigenvalue weighted by molar-refractivity contribution is 0.268. The quantitative estimate of drug-likeness (QED) is 0.532. The van der Waals surface area contributed by atoms with Crippen molar-refractivity contribution in [3.63, 3.8) is 0 Å². The standard InChI is InChI=1S/C19H18BrNO2/c20-16-8-10-17(11-9-16)22-13-1-2-14-23-18-7-3-5-15-6-4-12-21-19(15)18/h3-12H,1-2,13-14H2. The van der Waals surface area contributed by atoms with E-state index in [0.717, 1.165) is 39.7 Å². The monoisotopic (exact) mass is 371 g/mol. The highest BCUT2D eigenvalue weighted by Crippen LogP contribution is 2.23. The van der Waals surface area contributed by atoms with Gasteiger partial charge in [0.25, 0.3) is 0 Å². The summed E-state index contributed by atoms with van der Waals surface area (Å²) in [5.41, 5.74) is 0.918. The van der Waals surface area contributed by atoms with Crippen molar-refractivity contribution in [2.24, 2.45) is 0 Å². The molecule has 1 heterocycles. The fourth-order valence-corrected chi connectivity index (χ4v) is 2.56. The van der Waals surface area contributed by atoms with E-state index in [9.17, 15) is 0 Å². The Balaban J connectivity index is 1.42. The van der Waals surface area contributed by atoms with Crippen molar-refractivity contribution in [3.8, 4) is 11.5 Å². The molecular formula is C19H18BrNO2. The summed E-state index contributed by atoms with van der Waals surface area (Å²) < 4.78 is 12.6. The molecule has 0 saturated heterocycles. The second-order valence-electron chi connectivity index (χ2n) is 5.19. The normalized spacial score (nSPS) is 10.7. The molecule has 2 aromatic carbocycles. The molecule has 3 nitrogen and oxygen atoms in total. The van der Waals surface area contributed by atoms with Gasteiger partial charge < -0.3 is 9.47 Å². The van der Waals surface area contributed by atoms with Gasteiger partial charge in [-0.15, -0.1) is 0 Å². The number of pyridine rings is 1. The van der Waals surface area contributed by atoms with Crippen LogP contribution in [-0.4, -0.2) is 18.2 Å². The third kappa shape index (κ3) is 4.45. The number of hydrogen-bond acceptors (Lipinski definition) is 3. The zero-order chi connectivity index (χ0) is 15.9. The number of benzene rings is 2. The van der Waals surface area contributed by atoms with Gasteiger partial charge in [0.15, 0.2) is 0 Å². The Bertz CT molecular complexity index is 753. The van der Waals surface area contributed by atoms with Crippen molar-refractivity contribution in [1.82, 2.24) is 4.98 Å². The molecule has 0 amide bonds. The number of ether oxygens (including phenoxy) is 2. The van der Waals surface area contributed by atoms with Crippen LogP contribution in [-0.2, 0) is 0 Å². The lowest BCUT2D eigenvalue weighted by Crippen LogP contribution is -2.03. The summed E-state index contributed by atoms with van der Waals surface area (Å²) in [6.07, 6.45) is 3.69. The number of hydrogen-bond donors (Lipinski definition) is 0. The maximum absolute atomic E-state index is 5.86. The molecule has 0 spiro atoms. The summed E-state index contributed by atoms with van der Waals surface area (Å²) in [6, 6.07) is 17.9. The highest BCUT2D eigenvalue weighted by atomic mass is 79.9. The van der Waals surface area contributed by atoms with E-state index in [1.165, 1.54) is 0 Å². The van der Waals surface area contributed by atoms with Crippen LogP contribution in [0.25, 0.3) is 10.9 Å². The summed E-state index contributed by atoms with van der Waals surface area (Å²) in [5.74, 6) is 1.74. The van der Waals surface area contributed by atoms with Crippen LogP contribution in [0.3, 0.4) is 0 Å². The first kappa shape index (κ1) is 15.8. The van der Waals surface area contributed by atoms with Gasteiger partial charge in [-0.3, -0.25) is 4.98 Å². The topological polar surface area (TPSA) is 31.4 Å². The molecule has 0 aliphatic rings. The largest absolute Gasteiger partial charge is 0.494 e. The number of halogens is 1. The van der Waals surface area contributed by atoms with Gasteiger partial charge in [0.05, 0.1) is 13.2 Å². The Morgan fingerprint density at radius 3 is 2.39 bits per heavy atom. The molecule has 0 atom stereocenters. The van der Waals surface area contributed by atoms with Gasteiger partial charge in [-0.25, -0.2) is 0 Å². The molecule has 0 bridgehead atoms. The van der Waals surface area contributed by atoms with Gasteiger partial charge in [0, 0.05) is 16.1 Å². The second-order valence-corrected chi connectivity index (χ2v) is 6.10. The van der Waals surface area contributed by atoms with Crippen LogP contribution < -0.4 is 9.47 Å². The number of fused-ring (bicyclic) bond motifs is 1. The first-order chi connectivity index (χ1) is 11.3. The van der Waals surface area contributed by atoms with Gasteiger partial charge in [0.1, 0.15) is 17.0 Å². The summed E-state index contributed by atoms with van der Waals surface area (Å²) >= 11 is 3.41. The predicted octanol–water partition coefficient (Wildman–Crippen LogP) is 5.24. The van der Waals surface area contributed by atoms with Crippen molar-refractivity contribution in [3.05, 3.63) is 65.3 Å². The van der Waals surface area contributed by atoms with Gasteiger partial charge in [0.2, 0.25) is 0 Å². The van der Waals surface area contributed by atoms with E-state index in [0.29, 0.717) is 13.2 Å². The Morgan fingerprint density at radius 1 is 0.826 bits per heavy atom. The molecular weight excluding hydrogens is 354 g/mol. The Kier molecular flexibility index (Phi) is 5.48. The zero-order valence-corrected chi connectivity index (χ0v) is 14.3. The minimum atomic E-state index is 0.666. The zero-order valence-electron chi connectivity index (χ0n) is 12.7. The van der Waals surface area contributed by atoms with Crippen LogP contribution in [0.5, 0.6) is 11.5 Å². The first-order valence-electron chi connectivity index (χ1n) is 7.68. The van der Waals surface area contributed by atoms with E-state index in [-0.39, 0.29) is 0 Å². The molecule has 23 heavy (non-hydrogen) atoms. The highest BCUT2D eigenvalue weighted by Gasteiger charge is 2.02. The van der Waals surface area contributed by atoms with E-state index in [4.69, 9.17) is 9.47 Å². The van der Waals surface area contributed by atoms with Crippen LogP contribution in [0, 0.1) is 0 Å². The second kappa shape index (κ2) is 7.97. The van der Waals surface area contributed by atoms with Crippen molar-refractivity contribution in [1.29, 1.82) is 0 Å². The minimum Gasteiger partial charge on any atom is -0.494 e. The van der Waals surface area contributed by atoms with Gasteiger partial charge in [-0.1, -0.05) is 34.1 Å². The minimum absolute atomic E-state index is 0.666. The first-order valence-corrected chi connectivity index (χ1v) is 8.47. The van der Waals surface area contributed by atoms with Crippen LogP contribution in [0.15, 0.2) is 65.3 Å². The molecule has 3 aromatic rings. The molecule has 118 valence electrons. The predicted molar refractivity (Wildman–Crippen MR) is 96.1 cm³/mol. The molecule has 3 rings (SSSR count). The van der Waals surface area contributed by atoms with Crippen LogP contribution in [0.4, 0.5) is 0 Å². The Morgan fingerprint density at radius 2 is 1.57 bits per heavy atom. The highest BCUT2D eigenvalue weighted by molar-refractivity contribution is 9.10. The SMILES string of the molecule is Brc1ccc(OCCCCOc2cccc3cccnc23)cc1. The van der Waals surface area contributed by atoms with Crippen molar-refractivity contribution in [2.45, 2.75) is 12.8 Å². The fraction of sp³-hybridized carbons (Fsp3) is 0.211. The van der Waals surface area contributed by atoms with E-state index in [1.54, 1.807) is 6.20 Å². The van der Waals surface area contributed by atoms with E-state index >= 15 is 0 Å². The number of para-hydroxylation sites is 1. The molecule has 4 heteroatoms. The molecule has 1 aromatic heterocycles.